The van der Waals surface area contributed by atoms with Crippen molar-refractivity contribution in [1.82, 2.24) is 56.8 Å². The van der Waals surface area contributed by atoms with Crippen LogP contribution in [0.15, 0.2) is 53.5 Å². The van der Waals surface area contributed by atoms with Gasteiger partial charge < -0.3 is 74.2 Å². The number of rotatable bonds is 22. The van der Waals surface area contributed by atoms with E-state index < -0.39 is 95.5 Å². The molecular formula is C61H93N15O11S2. The maximum absolute atomic E-state index is 14.9. The van der Waals surface area contributed by atoms with Gasteiger partial charge in [-0.3, -0.25) is 43.3 Å². The number of unbranched alkanes of at least 4 members (excludes halogenated alkanes) is 1. The first-order chi connectivity index (χ1) is 42.9. The van der Waals surface area contributed by atoms with E-state index in [-0.39, 0.29) is 68.5 Å². The normalized spacial score (nSPS) is 23.4. The first-order valence-corrected chi connectivity index (χ1v) is 33.5. The minimum Gasteiger partial charge on any atom is -0.480 e. The molecule has 2 aromatic rings. The van der Waals surface area contributed by atoms with Gasteiger partial charge in [-0.1, -0.05) is 68.8 Å². The van der Waals surface area contributed by atoms with Gasteiger partial charge in [0.15, 0.2) is 0 Å². The van der Waals surface area contributed by atoms with E-state index in [2.05, 4.69) is 53.2 Å². The molecule has 26 nitrogen and oxygen atoms in total. The quantitative estimate of drug-likeness (QED) is 0.0530. The fraction of sp³-hybridized carbons (Fsp3) is 0.623. The van der Waals surface area contributed by atoms with E-state index in [4.69, 9.17) is 17.2 Å². The molecule has 0 saturated carbocycles. The molecule has 7 atom stereocenters. The van der Waals surface area contributed by atoms with Gasteiger partial charge in [0.25, 0.3) is 0 Å². The van der Waals surface area contributed by atoms with Crippen molar-refractivity contribution in [1.29, 1.82) is 0 Å². The summed E-state index contributed by atoms with van der Waals surface area (Å²) in [7, 11) is 0. The third-order valence-corrected chi connectivity index (χ3v) is 18.4. The van der Waals surface area contributed by atoms with E-state index >= 15 is 0 Å². The summed E-state index contributed by atoms with van der Waals surface area (Å²) in [4.78, 5) is 150. The first kappa shape index (κ1) is 71.4. The minimum atomic E-state index is -1.45. The van der Waals surface area contributed by atoms with Crippen LogP contribution in [0, 0.1) is 11.8 Å². The number of nitrogens with one attached hydrogen (secondary N) is 7. The number of carboxylic acid groups (broad SMARTS) is 1. The molecule has 0 aromatic heterocycles. The smallest absolute Gasteiger partial charge is 0.340 e. The predicted octanol–water partition coefficient (Wildman–Crippen LogP) is -0.356. The number of carboxylic acids is 1. The average Bonchev–Trinajstić information content (AvgIpc) is 2.09. The van der Waals surface area contributed by atoms with E-state index in [1.807, 2.05) is 24.0 Å². The Labute approximate surface area is 530 Å². The van der Waals surface area contributed by atoms with Gasteiger partial charge in [-0.15, -0.1) is 0 Å². The Bertz CT molecular complexity index is 2730. The zero-order valence-electron chi connectivity index (χ0n) is 51.4. The lowest BCUT2D eigenvalue weighted by Gasteiger charge is -2.36. The van der Waals surface area contributed by atoms with Crippen LogP contribution in [-0.4, -0.2) is 223 Å². The Balaban J connectivity index is 1.32. The topological polar surface area (TPSA) is 379 Å². The Kier molecular flexibility index (Phi) is 30.1. The summed E-state index contributed by atoms with van der Waals surface area (Å²) in [5.41, 5.74) is 20.3. The molecule has 3 saturated heterocycles. The number of aliphatic carboxylic acids is 1. The molecule has 14 N–H and O–H groups in total. The van der Waals surface area contributed by atoms with Gasteiger partial charge in [-0.2, -0.15) is 23.5 Å². The van der Waals surface area contributed by atoms with E-state index in [1.54, 1.807) is 37.3 Å². The standard InChI is InChI=1S/C61H93N15O11S2/c1-3-5-19-67-61(87)68-34-45-38-88-36-42-28-41(35-73-24-26-74(27-25-73)57(82)44(32-65-20-17-62)33-66-21-18-63)29-43(30-42)37-89-39-49(60(85)86)72-55(80)48(31-40-11-7-6-8-12-40)71-54(79)47(15-16-52(64)77)70-53(78)46(4-2)69-56(81)50-13-9-22-75(50)59(84)51-14-10-23-76(51)58(45)83/h6-8,11-12,28-30,34,44-51,65-66H,3-5,9-10,13-27,31-33,35-39,62-63H2,1-2H3,(H2,64,77)(H,67,87)(H,69,81)(H,70,78)(H,71,79)(H,72,80)(H,85,86)/t45?,46-,47-,48-,49-,50-,51-/m0/s1. The number of benzene rings is 2. The summed E-state index contributed by atoms with van der Waals surface area (Å²) < 4.78 is 0. The Hall–Kier alpha value is -6.69. The van der Waals surface area contributed by atoms with Crippen LogP contribution in [0.1, 0.15) is 93.9 Å². The summed E-state index contributed by atoms with van der Waals surface area (Å²) >= 11 is 2.72. The molecule has 4 heterocycles. The molecule has 89 heavy (non-hydrogen) atoms. The van der Waals surface area contributed by atoms with E-state index in [0.29, 0.717) is 115 Å². The maximum atomic E-state index is 14.9. The fourth-order valence-electron chi connectivity index (χ4n) is 11.3. The number of carbonyl (C=O) groups excluding carboxylic acids is 9. The van der Waals surface area contributed by atoms with Gasteiger partial charge >= 0.3 is 12.0 Å². The largest absolute Gasteiger partial charge is 0.480 e. The number of carbonyl (C=O) groups is 10. The van der Waals surface area contributed by atoms with Gasteiger partial charge in [0.05, 0.1) is 11.8 Å². The van der Waals surface area contributed by atoms with Crippen LogP contribution in [-0.2, 0) is 67.6 Å². The van der Waals surface area contributed by atoms with Crippen molar-refractivity contribution >= 4 is 89.0 Å². The average molecular weight is 1280 g/mol. The Morgan fingerprint density at radius 2 is 1.30 bits per heavy atom. The lowest BCUT2D eigenvalue weighted by molar-refractivity contribution is -0.147. The first-order valence-electron chi connectivity index (χ1n) is 31.2. The number of hydrogen-bond donors (Lipinski definition) is 11. The van der Waals surface area contributed by atoms with Gasteiger partial charge in [0.2, 0.25) is 47.3 Å². The molecule has 10 amide bonds. The minimum absolute atomic E-state index is 0.0426. The highest BCUT2D eigenvalue weighted by Crippen LogP contribution is 2.29. The second-order valence-corrected chi connectivity index (χ2v) is 25.1. The lowest BCUT2D eigenvalue weighted by atomic mass is 10.0. The number of nitrogens with zero attached hydrogens (tertiary/aromatic N) is 5. The maximum Gasteiger partial charge on any atom is 0.340 e. The van der Waals surface area contributed by atoms with Crippen molar-refractivity contribution in [3.63, 3.8) is 0 Å². The van der Waals surface area contributed by atoms with Gasteiger partial charge in [0, 0.05) is 134 Å². The third kappa shape index (κ3) is 22.6. The number of amides is 10. The molecule has 3 fully saturated rings. The summed E-state index contributed by atoms with van der Waals surface area (Å²) in [5, 5.41) is 30.6. The number of hydrogen-bond acceptors (Lipinski definition) is 17. The molecular weight excluding hydrogens is 1180 g/mol. The number of primary amides is 1. The van der Waals surface area contributed by atoms with Crippen molar-refractivity contribution in [2.75, 3.05) is 96.6 Å². The van der Waals surface area contributed by atoms with E-state index in [0.717, 1.165) is 29.5 Å². The number of urea groups is 1. The number of thioether (sulfide) groups is 2. The molecule has 1 unspecified atom stereocenters. The van der Waals surface area contributed by atoms with Gasteiger partial charge in [-0.25, -0.2) is 14.6 Å². The van der Waals surface area contributed by atoms with Crippen LogP contribution in [0.3, 0.4) is 0 Å². The zero-order chi connectivity index (χ0) is 64.2. The fourth-order valence-corrected chi connectivity index (χ4v) is 13.3. The molecule has 0 spiro atoms. The van der Waals surface area contributed by atoms with Crippen LogP contribution in [0.25, 0.3) is 0 Å². The summed E-state index contributed by atoms with van der Waals surface area (Å²) in [5.74, 6) is -6.38. The third-order valence-electron chi connectivity index (χ3n) is 16.1. The number of piperazine rings is 1. The Morgan fingerprint density at radius 3 is 1.92 bits per heavy atom. The molecule has 28 heteroatoms. The van der Waals surface area contributed by atoms with Gasteiger partial charge in [0.1, 0.15) is 36.3 Å². The zero-order valence-corrected chi connectivity index (χ0v) is 53.1. The highest BCUT2D eigenvalue weighted by Gasteiger charge is 2.44. The highest BCUT2D eigenvalue weighted by atomic mass is 32.2. The van der Waals surface area contributed by atoms with Crippen LogP contribution < -0.4 is 54.4 Å². The molecule has 4 aliphatic rings. The van der Waals surface area contributed by atoms with Crippen molar-refractivity contribution in [2.45, 2.75) is 132 Å². The van der Waals surface area contributed by atoms with Crippen LogP contribution in [0.5, 0.6) is 0 Å². The van der Waals surface area contributed by atoms with Crippen molar-refractivity contribution in [2.24, 2.45) is 34.0 Å². The highest BCUT2D eigenvalue weighted by molar-refractivity contribution is 7.98. The van der Waals surface area contributed by atoms with Crippen LogP contribution >= 0.6 is 23.5 Å². The molecule has 4 aliphatic heterocycles. The number of fused-ring (bicyclic) bond motifs is 4. The second kappa shape index (κ2) is 37.5. The number of nitrogens with two attached hydrogens (primary N) is 3. The molecule has 0 aliphatic carbocycles. The second-order valence-electron chi connectivity index (χ2n) is 23.0. The number of aliphatic imine (C=N–C) groups is 1. The Morgan fingerprint density at radius 1 is 0.708 bits per heavy atom. The molecule has 490 valence electrons. The molecule has 2 bridgehead atoms. The van der Waals surface area contributed by atoms with Gasteiger partial charge in [-0.05, 0) is 67.2 Å². The lowest BCUT2D eigenvalue weighted by Crippen LogP contribution is -2.59. The predicted molar refractivity (Wildman–Crippen MR) is 342 cm³/mol. The summed E-state index contributed by atoms with van der Waals surface area (Å²) in [6, 6.07) is 6.91. The molecule has 0 radical (unpaired) electrons. The SMILES string of the molecule is CCCCNC(=O)N=CC1CSCc2cc(cc(CN3CCN(C(=O)C(CNCCN)CNCCN)CC3)c2)CSC[C@@H](C(=O)O)NC(=O)[C@H](Cc2ccccc2)NC(=O)[C@H](CCC(N)=O)NC(=O)[C@H](CC)NC(=O)[C@@H]2CCCN2C(=O)[C@@H]2CCCN2C1=O. The summed E-state index contributed by atoms with van der Waals surface area (Å²) in [6.45, 7) is 10.3. The van der Waals surface area contributed by atoms with E-state index in [9.17, 15) is 53.1 Å². The van der Waals surface area contributed by atoms with Crippen molar-refractivity contribution in [3.8, 4) is 0 Å². The van der Waals surface area contributed by atoms with Crippen LogP contribution in [0.2, 0.25) is 0 Å². The van der Waals surface area contributed by atoms with Crippen molar-refractivity contribution in [3.05, 3.63) is 70.8 Å². The molecule has 6 rings (SSSR count). The van der Waals surface area contributed by atoms with Crippen molar-refractivity contribution < 1.29 is 53.1 Å². The molecule has 2 aromatic carbocycles. The monoisotopic (exact) mass is 1280 g/mol. The summed E-state index contributed by atoms with van der Waals surface area (Å²) in [6.07, 6.45) is 3.86. The van der Waals surface area contributed by atoms with Crippen LogP contribution in [0.4, 0.5) is 4.79 Å². The van der Waals surface area contributed by atoms with E-state index in [1.165, 1.54) is 39.5 Å².